The van der Waals surface area contributed by atoms with Crippen molar-refractivity contribution < 1.29 is 14.4 Å². The van der Waals surface area contributed by atoms with Gasteiger partial charge >= 0.3 is 5.82 Å². The lowest BCUT2D eigenvalue weighted by atomic mass is 10.6. The topological polar surface area (TPSA) is 79.4 Å². The smallest absolute Gasteiger partial charge is 0.358 e. The maximum atomic E-state index is 10.6. The van der Waals surface area contributed by atoms with Crippen molar-refractivity contribution in [2.45, 2.75) is 26.7 Å². The first-order valence-corrected chi connectivity index (χ1v) is 5.98. The molecule has 1 aromatic heterocycles. The second-order valence-corrected chi connectivity index (χ2v) is 3.97. The maximum absolute atomic E-state index is 10.6. The fraction of sp³-hybridized carbons (Fsp3) is 0.667. The molecule has 0 aromatic carbocycles. The molecule has 0 N–H and O–H groups in total. The van der Waals surface area contributed by atoms with Crippen LogP contribution in [-0.2, 0) is 16.0 Å². The Hall–Kier alpha value is -0.990. The Morgan fingerprint density at radius 3 is 2.53 bits per heavy atom. The van der Waals surface area contributed by atoms with E-state index < -0.39 is 11.2 Å². The average Bonchev–Trinajstić information content (AvgIpc) is 2.60. The highest BCUT2D eigenvalue weighted by Crippen LogP contribution is 2.22. The molecule has 0 bridgehead atoms. The molecule has 17 heavy (non-hydrogen) atoms. The van der Waals surface area contributed by atoms with Gasteiger partial charge in [-0.1, -0.05) is 0 Å². The van der Waals surface area contributed by atoms with Crippen LogP contribution in [-0.4, -0.2) is 34.2 Å². The highest BCUT2D eigenvalue weighted by atomic mass is 79.9. The fourth-order valence-electron chi connectivity index (χ4n) is 1.28. The first-order chi connectivity index (χ1) is 8.08. The molecule has 0 aliphatic rings. The van der Waals surface area contributed by atoms with Gasteiger partial charge in [0.05, 0.1) is 11.3 Å². The molecule has 0 amide bonds. The van der Waals surface area contributed by atoms with Crippen LogP contribution < -0.4 is 0 Å². The van der Waals surface area contributed by atoms with Gasteiger partial charge in [-0.15, -0.1) is 0 Å². The van der Waals surface area contributed by atoms with Crippen molar-refractivity contribution in [3.63, 3.8) is 0 Å². The van der Waals surface area contributed by atoms with Crippen LogP contribution in [0.4, 0.5) is 5.82 Å². The number of hydrogen-bond acceptors (Lipinski definition) is 5. The number of nitro groups is 1. The van der Waals surface area contributed by atoms with Crippen LogP contribution in [0.25, 0.3) is 0 Å². The molecule has 7 nitrogen and oxygen atoms in total. The molecule has 1 rings (SSSR count). The normalized spacial score (nSPS) is 11.1. The third-order valence-electron chi connectivity index (χ3n) is 1.91. The molecule has 0 radical (unpaired) electrons. The lowest BCUT2D eigenvalue weighted by Gasteiger charge is -2.14. The summed E-state index contributed by atoms with van der Waals surface area (Å²) in [5.74, 6) is -0.211. The van der Waals surface area contributed by atoms with Crippen molar-refractivity contribution in [1.82, 2.24) is 9.78 Å². The van der Waals surface area contributed by atoms with Crippen molar-refractivity contribution in [3.8, 4) is 0 Å². The first kappa shape index (κ1) is 14.1. The number of nitrogens with zero attached hydrogens (tertiary/aromatic N) is 3. The summed E-state index contributed by atoms with van der Waals surface area (Å²) >= 11 is 3.08. The molecule has 0 saturated carbocycles. The van der Waals surface area contributed by atoms with Crippen LogP contribution >= 0.6 is 15.9 Å². The van der Waals surface area contributed by atoms with Gasteiger partial charge in [-0.3, -0.25) is 0 Å². The summed E-state index contributed by atoms with van der Waals surface area (Å²) in [6.45, 7) is 5.04. The monoisotopic (exact) mass is 307 g/mol. The summed E-state index contributed by atoms with van der Waals surface area (Å²) < 4.78 is 12.4. The Morgan fingerprint density at radius 2 is 2.12 bits per heavy atom. The summed E-state index contributed by atoms with van der Waals surface area (Å²) in [5.41, 5.74) is 0. The third kappa shape index (κ3) is 4.06. The minimum atomic E-state index is -0.545. The van der Waals surface area contributed by atoms with Gasteiger partial charge in [0, 0.05) is 13.2 Å². The predicted octanol–water partition coefficient (Wildman–Crippen LogP) is 1.95. The number of halogens is 1. The van der Waals surface area contributed by atoms with E-state index >= 15 is 0 Å². The molecular formula is C9H14BrN3O4. The van der Waals surface area contributed by atoms with E-state index in [4.69, 9.17) is 9.47 Å². The van der Waals surface area contributed by atoms with Crippen molar-refractivity contribution in [2.24, 2.45) is 0 Å². The lowest BCUT2D eigenvalue weighted by molar-refractivity contribution is -0.390. The zero-order valence-electron chi connectivity index (χ0n) is 9.63. The molecule has 0 aliphatic heterocycles. The fourth-order valence-corrected chi connectivity index (χ4v) is 1.74. The van der Waals surface area contributed by atoms with E-state index in [0.717, 1.165) is 0 Å². The molecule has 0 spiro atoms. The van der Waals surface area contributed by atoms with Crippen LogP contribution in [0.2, 0.25) is 0 Å². The summed E-state index contributed by atoms with van der Waals surface area (Å²) in [6.07, 6.45) is 1.08. The SMILES string of the molecule is CCOC(Cn1cc(Br)c([N+](=O)[O-])n1)OCC. The van der Waals surface area contributed by atoms with Crippen LogP contribution in [0.5, 0.6) is 0 Å². The molecule has 0 unspecified atom stereocenters. The van der Waals surface area contributed by atoms with E-state index in [1.54, 1.807) is 0 Å². The maximum Gasteiger partial charge on any atom is 0.404 e. The number of hydrogen-bond donors (Lipinski definition) is 0. The van der Waals surface area contributed by atoms with Gasteiger partial charge < -0.3 is 19.6 Å². The number of rotatable bonds is 7. The Morgan fingerprint density at radius 1 is 1.53 bits per heavy atom. The minimum Gasteiger partial charge on any atom is -0.358 e. The molecule has 0 fully saturated rings. The van der Waals surface area contributed by atoms with Gasteiger partial charge in [-0.2, -0.15) is 4.68 Å². The van der Waals surface area contributed by atoms with Crippen LogP contribution in [0.1, 0.15) is 13.8 Å². The van der Waals surface area contributed by atoms with E-state index in [2.05, 4.69) is 21.0 Å². The van der Waals surface area contributed by atoms with E-state index in [0.29, 0.717) is 24.2 Å². The van der Waals surface area contributed by atoms with E-state index in [-0.39, 0.29) is 5.82 Å². The van der Waals surface area contributed by atoms with Crippen molar-refractivity contribution in [2.75, 3.05) is 13.2 Å². The lowest BCUT2D eigenvalue weighted by Crippen LogP contribution is -2.24. The molecule has 0 aliphatic carbocycles. The van der Waals surface area contributed by atoms with Gasteiger partial charge in [0.2, 0.25) is 0 Å². The van der Waals surface area contributed by atoms with E-state index in [1.165, 1.54) is 10.9 Å². The Balaban J connectivity index is 2.72. The van der Waals surface area contributed by atoms with Crippen LogP contribution in [0, 0.1) is 10.1 Å². The van der Waals surface area contributed by atoms with E-state index in [9.17, 15) is 10.1 Å². The number of aromatic nitrogens is 2. The molecule has 0 atom stereocenters. The predicted molar refractivity (Wildman–Crippen MR) is 63.6 cm³/mol. The highest BCUT2D eigenvalue weighted by Gasteiger charge is 2.20. The van der Waals surface area contributed by atoms with Gasteiger partial charge in [-0.05, 0) is 34.7 Å². The molecule has 8 heteroatoms. The zero-order valence-corrected chi connectivity index (χ0v) is 11.2. The number of ether oxygens (including phenoxy) is 2. The van der Waals surface area contributed by atoms with Crippen LogP contribution in [0.3, 0.4) is 0 Å². The summed E-state index contributed by atoms with van der Waals surface area (Å²) in [4.78, 5) is 10.1. The summed E-state index contributed by atoms with van der Waals surface area (Å²) in [5, 5.41) is 14.4. The standard InChI is InChI=1S/C9H14BrN3O4/c1-3-16-8(17-4-2)6-12-5-7(10)9(11-12)13(14)15/h5,8H,3-4,6H2,1-2H3. The van der Waals surface area contributed by atoms with Gasteiger partial charge in [0.25, 0.3) is 0 Å². The first-order valence-electron chi connectivity index (χ1n) is 5.19. The summed E-state index contributed by atoms with van der Waals surface area (Å²) in [7, 11) is 0. The van der Waals surface area contributed by atoms with Crippen molar-refractivity contribution >= 4 is 21.7 Å². The van der Waals surface area contributed by atoms with E-state index in [1.807, 2.05) is 13.8 Å². The zero-order chi connectivity index (χ0) is 12.8. The molecule has 96 valence electrons. The van der Waals surface area contributed by atoms with Crippen LogP contribution in [0.15, 0.2) is 10.7 Å². The summed E-state index contributed by atoms with van der Waals surface area (Å²) in [6, 6.07) is 0. The molecule has 1 aromatic rings. The van der Waals surface area contributed by atoms with Gasteiger partial charge in [0.15, 0.2) is 6.29 Å². The Kier molecular flexibility index (Phi) is 5.52. The quantitative estimate of drug-likeness (QED) is 0.437. The van der Waals surface area contributed by atoms with Gasteiger partial charge in [-0.25, -0.2) is 0 Å². The highest BCUT2D eigenvalue weighted by molar-refractivity contribution is 9.10. The van der Waals surface area contributed by atoms with Crippen molar-refractivity contribution in [1.29, 1.82) is 0 Å². The Bertz CT molecular complexity index is 376. The second-order valence-electron chi connectivity index (χ2n) is 3.12. The molecular weight excluding hydrogens is 294 g/mol. The van der Waals surface area contributed by atoms with Crippen molar-refractivity contribution in [3.05, 3.63) is 20.8 Å². The average molecular weight is 308 g/mol. The Labute approximate surface area is 107 Å². The largest absolute Gasteiger partial charge is 0.404 e. The third-order valence-corrected chi connectivity index (χ3v) is 2.47. The second kappa shape index (κ2) is 6.67. The molecule has 0 saturated heterocycles. The minimum absolute atomic E-state index is 0.211. The molecule has 1 heterocycles. The van der Waals surface area contributed by atoms with Gasteiger partial charge in [0.1, 0.15) is 11.0 Å².